The van der Waals surface area contributed by atoms with Gasteiger partial charge in [-0.3, -0.25) is 10.3 Å². The monoisotopic (exact) mass is 570 g/mol. The molecule has 0 unspecified atom stereocenters. The zero-order chi connectivity index (χ0) is 28.5. The summed E-state index contributed by atoms with van der Waals surface area (Å²) in [5.74, 6) is 1.03. The molecule has 216 valence electrons. The Labute approximate surface area is 233 Å². The van der Waals surface area contributed by atoms with E-state index in [0.717, 1.165) is 19.3 Å². The number of alkyl halides is 4. The highest BCUT2D eigenvalue weighted by atomic mass is 35.5. The fourth-order valence-corrected chi connectivity index (χ4v) is 6.84. The lowest BCUT2D eigenvalue weighted by molar-refractivity contribution is -0.0819. The molecule has 0 spiro atoms. The molecule has 0 amide bonds. The Kier molecular flexibility index (Phi) is 8.50. The van der Waals surface area contributed by atoms with Crippen LogP contribution in [-0.2, 0) is 0 Å². The van der Waals surface area contributed by atoms with E-state index < -0.39 is 34.8 Å². The molecule has 1 aromatic rings. The number of nitriles is 1. The molecule has 3 N–H and O–H groups in total. The summed E-state index contributed by atoms with van der Waals surface area (Å²) in [6.07, 6.45) is 5.14. The third kappa shape index (κ3) is 6.32. The summed E-state index contributed by atoms with van der Waals surface area (Å²) in [5.41, 5.74) is 3.16. The van der Waals surface area contributed by atoms with Crippen LogP contribution >= 0.6 is 11.6 Å². The third-order valence-corrected chi connectivity index (χ3v) is 10.1. The van der Waals surface area contributed by atoms with Crippen molar-refractivity contribution in [3.05, 3.63) is 29.3 Å². The van der Waals surface area contributed by atoms with Crippen LogP contribution in [0.15, 0.2) is 29.3 Å². The fraction of sp³-hybridized carbons (Fsp3) is 0.724. The second kappa shape index (κ2) is 11.1. The Hall–Kier alpha value is -2.05. The molecule has 6 saturated carbocycles. The summed E-state index contributed by atoms with van der Waals surface area (Å²) in [7, 11) is 0. The maximum absolute atomic E-state index is 13.4. The van der Waals surface area contributed by atoms with E-state index in [0.29, 0.717) is 74.4 Å². The van der Waals surface area contributed by atoms with Gasteiger partial charge < -0.3 is 10.5 Å². The van der Waals surface area contributed by atoms with Gasteiger partial charge in [-0.25, -0.2) is 17.6 Å². The number of hydrogen-bond donors (Lipinski definition) is 2. The molecule has 4 bridgehead atoms. The number of aliphatic imine (C=N–C) groups is 1. The minimum atomic E-state index is -2.28. The number of rotatable bonds is 6. The predicted octanol–water partition coefficient (Wildman–Crippen LogP) is 7.63. The molecule has 0 atom stereocenters. The van der Waals surface area contributed by atoms with Crippen LogP contribution in [-0.4, -0.2) is 35.4 Å². The number of nitrogens with zero attached hydrogens (tertiary/aromatic N) is 2. The van der Waals surface area contributed by atoms with Gasteiger partial charge in [-0.1, -0.05) is 11.6 Å². The number of halogens is 5. The summed E-state index contributed by atoms with van der Waals surface area (Å²) >= 11 is 5.91. The summed E-state index contributed by atoms with van der Waals surface area (Å²) < 4.78 is 58.3. The molecule has 6 aliphatic rings. The van der Waals surface area contributed by atoms with Crippen molar-refractivity contribution in [2.24, 2.45) is 21.6 Å². The van der Waals surface area contributed by atoms with Crippen LogP contribution in [0, 0.1) is 22.3 Å². The van der Waals surface area contributed by atoms with E-state index in [9.17, 15) is 22.8 Å². The van der Waals surface area contributed by atoms with E-state index >= 15 is 0 Å². The Morgan fingerprint density at radius 1 is 0.897 bits per heavy atom. The van der Waals surface area contributed by atoms with Crippen LogP contribution in [0.5, 0.6) is 5.75 Å². The van der Waals surface area contributed by atoms with Crippen molar-refractivity contribution in [2.45, 2.75) is 120 Å². The molecule has 1 aromatic carbocycles. The second-order valence-corrected chi connectivity index (χ2v) is 13.1. The second-order valence-electron chi connectivity index (χ2n) is 12.7. The van der Waals surface area contributed by atoms with Gasteiger partial charge in [0, 0.05) is 21.4 Å². The van der Waals surface area contributed by atoms with Gasteiger partial charge in [0.05, 0.1) is 5.54 Å². The van der Waals surface area contributed by atoms with Gasteiger partial charge >= 0.3 is 0 Å². The van der Waals surface area contributed by atoms with Gasteiger partial charge in [0.25, 0.3) is 0 Å². The third-order valence-electron chi connectivity index (χ3n) is 9.83. The van der Waals surface area contributed by atoms with Gasteiger partial charge in [-0.15, -0.1) is 0 Å². The van der Waals surface area contributed by atoms with Gasteiger partial charge in [0.15, 0.2) is 17.6 Å². The maximum atomic E-state index is 13.4. The summed E-state index contributed by atoms with van der Waals surface area (Å²) in [6, 6.07) is 6.97. The molecule has 0 aromatic heterocycles. The van der Waals surface area contributed by atoms with Crippen LogP contribution < -0.4 is 15.8 Å². The van der Waals surface area contributed by atoms with Crippen molar-refractivity contribution in [1.82, 2.24) is 5.32 Å². The smallest absolute Gasteiger partial charge is 0.244 e. The van der Waals surface area contributed by atoms with Crippen LogP contribution in [0.3, 0.4) is 0 Å². The highest BCUT2D eigenvalue weighted by Crippen LogP contribution is 2.57. The summed E-state index contributed by atoms with van der Waals surface area (Å²) in [6.45, 7) is 3.66. The van der Waals surface area contributed by atoms with Crippen LogP contribution in [0.2, 0.25) is 5.02 Å². The first kappa shape index (κ1) is 29.9. The number of fused-ring (bicyclic) bond motifs is 6. The number of ether oxygens (including phenoxy) is 1. The minimum absolute atomic E-state index is 0.0867. The highest BCUT2D eigenvalue weighted by molar-refractivity contribution is 6.30. The molecule has 0 heterocycles. The van der Waals surface area contributed by atoms with Crippen molar-refractivity contribution in [3.63, 3.8) is 0 Å². The lowest BCUT2D eigenvalue weighted by atomic mass is 9.57. The summed E-state index contributed by atoms with van der Waals surface area (Å²) in [5, 5.41) is 12.5. The van der Waals surface area contributed by atoms with Crippen molar-refractivity contribution in [2.75, 3.05) is 0 Å². The first-order valence-electron chi connectivity index (χ1n) is 13.8. The minimum Gasteiger partial charge on any atom is -0.480 e. The molecule has 0 aliphatic heterocycles. The Bertz CT molecular complexity index is 1040. The van der Waals surface area contributed by atoms with Gasteiger partial charge in [0.1, 0.15) is 5.75 Å². The maximum Gasteiger partial charge on any atom is 0.244 e. The number of nitrogens with one attached hydrogen (secondary N) is 1. The van der Waals surface area contributed by atoms with E-state index in [1.54, 1.807) is 24.3 Å². The normalized spacial score (nSPS) is 33.9. The number of amidine groups is 1. The van der Waals surface area contributed by atoms with Crippen molar-refractivity contribution in [3.8, 4) is 11.9 Å². The Morgan fingerprint density at radius 3 is 1.74 bits per heavy atom. The number of nitrogens with two attached hydrogens (primary N) is 1. The fourth-order valence-electron chi connectivity index (χ4n) is 6.71. The number of benzene rings is 1. The van der Waals surface area contributed by atoms with E-state index in [-0.39, 0.29) is 5.54 Å². The molecule has 0 radical (unpaired) electrons. The van der Waals surface area contributed by atoms with Crippen molar-refractivity contribution in [1.29, 1.82) is 5.26 Å². The molecule has 5 nitrogen and oxygen atoms in total. The molecular formula is C29H39ClF4N4O. The van der Waals surface area contributed by atoms with Crippen molar-refractivity contribution < 1.29 is 22.3 Å². The Morgan fingerprint density at radius 2 is 1.33 bits per heavy atom. The summed E-state index contributed by atoms with van der Waals surface area (Å²) in [4.78, 5) is 4.88. The number of hydrogen-bond acceptors (Lipinski definition) is 4. The molecule has 6 fully saturated rings. The SMILES string of the molecule is CC(C)(Oc1ccc(Cl)cc1)C(=NC12CCC(C(F)F)(CC1)CC2)NC#N.NC12CCC(C(F)F)(CC1)CC2. The van der Waals surface area contributed by atoms with Gasteiger partial charge in [0.2, 0.25) is 12.9 Å². The molecule has 39 heavy (non-hydrogen) atoms. The topological polar surface area (TPSA) is 83.4 Å². The standard InChI is InChI=1S/C20H24ClF2N3O.C9H15F2N/c1-18(2,27-15-5-3-14(21)4-6-15)17(25-13-24)26-20-10-7-19(8-11-20,9-12-20)16(22)23;10-7(11)8-1-4-9(12,5-2-8)6-3-8/h3-6,16H,7-12H2,1-2H3,(H,25,26);7H,1-6,12H2. The first-order chi connectivity index (χ1) is 18.3. The van der Waals surface area contributed by atoms with Gasteiger partial charge in [-0.2, -0.15) is 5.26 Å². The molecule has 6 aliphatic carbocycles. The average molecular weight is 571 g/mol. The largest absolute Gasteiger partial charge is 0.480 e. The lowest BCUT2D eigenvalue weighted by Crippen LogP contribution is -2.53. The predicted molar refractivity (Wildman–Crippen MR) is 144 cm³/mol. The van der Waals surface area contributed by atoms with E-state index in [1.807, 2.05) is 20.0 Å². The van der Waals surface area contributed by atoms with Gasteiger partial charge in [-0.05, 0) is 115 Å². The quantitative estimate of drug-likeness (QED) is 0.121. The molecular weight excluding hydrogens is 532 g/mol. The van der Waals surface area contributed by atoms with E-state index in [4.69, 9.17) is 27.1 Å². The van der Waals surface area contributed by atoms with Crippen LogP contribution in [0.4, 0.5) is 17.6 Å². The van der Waals surface area contributed by atoms with E-state index in [1.165, 1.54) is 0 Å². The zero-order valence-electron chi connectivity index (χ0n) is 22.7. The molecule has 10 heteroatoms. The van der Waals surface area contributed by atoms with Crippen LogP contribution in [0.1, 0.15) is 90.9 Å². The first-order valence-corrected chi connectivity index (χ1v) is 14.2. The van der Waals surface area contributed by atoms with Crippen molar-refractivity contribution >= 4 is 17.4 Å². The molecule has 7 rings (SSSR count). The Balaban J connectivity index is 0.000000243. The van der Waals surface area contributed by atoms with Crippen LogP contribution in [0.25, 0.3) is 0 Å². The molecule has 0 saturated heterocycles. The lowest BCUT2D eigenvalue weighted by Gasteiger charge is -2.51. The zero-order valence-corrected chi connectivity index (χ0v) is 23.5. The van der Waals surface area contributed by atoms with E-state index in [2.05, 4.69) is 5.32 Å². The average Bonchev–Trinajstić information content (AvgIpc) is 2.91. The highest BCUT2D eigenvalue weighted by Gasteiger charge is 2.54.